The first-order chi connectivity index (χ1) is 11.0. The Morgan fingerprint density at radius 3 is 2.65 bits per heavy atom. The van der Waals surface area contributed by atoms with Gasteiger partial charge in [0.05, 0.1) is 35.8 Å². The van der Waals surface area contributed by atoms with Crippen molar-refractivity contribution in [1.29, 1.82) is 0 Å². The fraction of sp³-hybridized carbons (Fsp3) is 0.438. The second-order valence-corrected chi connectivity index (χ2v) is 7.56. The zero-order valence-corrected chi connectivity index (χ0v) is 14.2. The fourth-order valence-electron chi connectivity index (χ4n) is 2.67. The van der Waals surface area contributed by atoms with Gasteiger partial charge in [-0.25, -0.2) is 13.4 Å². The molecule has 2 aromatic rings. The van der Waals surface area contributed by atoms with Crippen molar-refractivity contribution in [3.8, 4) is 0 Å². The Bertz CT molecular complexity index is 781. The minimum Gasteiger partial charge on any atom is -0.375 e. The van der Waals surface area contributed by atoms with Crippen LogP contribution < -0.4 is 0 Å². The quantitative estimate of drug-likeness (QED) is 0.837. The van der Waals surface area contributed by atoms with Crippen molar-refractivity contribution in [2.75, 3.05) is 13.2 Å². The highest BCUT2D eigenvalue weighted by atomic mass is 32.2. The van der Waals surface area contributed by atoms with E-state index in [-0.39, 0.29) is 0 Å². The third kappa shape index (κ3) is 3.17. The number of benzene rings is 1. The molecule has 1 aromatic heterocycles. The minimum atomic E-state index is -3.49. The average Bonchev–Trinajstić information content (AvgIpc) is 2.95. The van der Waals surface area contributed by atoms with Gasteiger partial charge >= 0.3 is 0 Å². The summed E-state index contributed by atoms with van der Waals surface area (Å²) in [6, 6.07) is 6.97. The average molecular weight is 335 g/mol. The number of aryl methyl sites for hydroxylation is 1. The molecule has 1 aromatic carbocycles. The molecule has 0 saturated carbocycles. The molecule has 1 aliphatic rings. The monoisotopic (exact) mass is 335 g/mol. The van der Waals surface area contributed by atoms with Gasteiger partial charge in [-0.1, -0.05) is 17.7 Å². The summed E-state index contributed by atoms with van der Waals surface area (Å²) in [7, 11) is -3.49. The predicted octanol–water partition coefficient (Wildman–Crippen LogP) is 1.93. The smallest absolute Gasteiger partial charge is 0.243 e. The molecule has 0 N–H and O–H groups in total. The summed E-state index contributed by atoms with van der Waals surface area (Å²) < 4.78 is 34.6. The highest BCUT2D eigenvalue weighted by Crippen LogP contribution is 2.24. The zero-order valence-electron chi connectivity index (χ0n) is 13.4. The molecule has 0 amide bonds. The highest BCUT2D eigenvalue weighted by molar-refractivity contribution is 7.89. The van der Waals surface area contributed by atoms with Gasteiger partial charge in [0.15, 0.2) is 0 Å². The minimum absolute atomic E-state index is 0.332. The van der Waals surface area contributed by atoms with Crippen LogP contribution in [0.15, 0.2) is 35.5 Å². The molecule has 1 aliphatic heterocycles. The van der Waals surface area contributed by atoms with Crippen LogP contribution in [0.4, 0.5) is 0 Å². The molecular formula is C16H21N3O3S. The molecule has 0 atom stereocenters. The molecule has 0 fully saturated rings. The Morgan fingerprint density at radius 2 is 1.96 bits per heavy atom. The van der Waals surface area contributed by atoms with Crippen LogP contribution in [-0.2, 0) is 34.5 Å². The van der Waals surface area contributed by atoms with E-state index in [0.717, 1.165) is 17.0 Å². The van der Waals surface area contributed by atoms with Gasteiger partial charge in [0.2, 0.25) is 10.0 Å². The number of aromatic nitrogens is 2. The zero-order chi connectivity index (χ0) is 16.4. The summed E-state index contributed by atoms with van der Waals surface area (Å²) in [6.45, 7) is 6.29. The molecule has 0 bridgehead atoms. The third-order valence-corrected chi connectivity index (χ3v) is 5.91. The first-order valence-corrected chi connectivity index (χ1v) is 9.14. The number of hydrogen-bond acceptors (Lipinski definition) is 4. The van der Waals surface area contributed by atoms with Gasteiger partial charge < -0.3 is 9.30 Å². The lowest BCUT2D eigenvalue weighted by Crippen LogP contribution is -2.38. The van der Waals surface area contributed by atoms with Gasteiger partial charge in [-0.15, -0.1) is 0 Å². The van der Waals surface area contributed by atoms with E-state index in [9.17, 15) is 8.42 Å². The summed E-state index contributed by atoms with van der Waals surface area (Å²) in [5, 5.41) is 0. The summed E-state index contributed by atoms with van der Waals surface area (Å²) in [5.41, 5.74) is 2.77. The summed E-state index contributed by atoms with van der Waals surface area (Å²) in [6.07, 6.45) is 1.76. The lowest BCUT2D eigenvalue weighted by atomic mass is 10.2. The van der Waals surface area contributed by atoms with Gasteiger partial charge in [0.1, 0.15) is 0 Å². The maximum Gasteiger partial charge on any atom is 0.243 e. The first-order valence-electron chi connectivity index (χ1n) is 7.70. The van der Waals surface area contributed by atoms with Gasteiger partial charge in [-0.2, -0.15) is 4.31 Å². The summed E-state index contributed by atoms with van der Waals surface area (Å²) in [4.78, 5) is 4.69. The molecule has 124 valence electrons. The fourth-order valence-corrected chi connectivity index (χ4v) is 4.07. The number of rotatable bonds is 5. The standard InChI is InChI=1S/C16H21N3O3S/c1-3-22-11-15-16-10-19(9-8-18(16)12-17-15)23(20,21)14-6-4-13(2)5-7-14/h4-7,12H,3,8-11H2,1-2H3. The number of nitrogens with zero attached hydrogens (tertiary/aromatic N) is 3. The lowest BCUT2D eigenvalue weighted by molar-refractivity contribution is 0.130. The van der Waals surface area contributed by atoms with Crippen molar-refractivity contribution in [3.63, 3.8) is 0 Å². The second kappa shape index (κ2) is 6.43. The second-order valence-electron chi connectivity index (χ2n) is 5.62. The van der Waals surface area contributed by atoms with Crippen LogP contribution in [0.2, 0.25) is 0 Å². The SMILES string of the molecule is CCOCc1ncn2c1CN(S(=O)(=O)c1ccc(C)cc1)CC2. The van der Waals surface area contributed by atoms with E-state index in [1.165, 1.54) is 4.31 Å². The normalized spacial score (nSPS) is 15.6. The summed E-state index contributed by atoms with van der Waals surface area (Å²) >= 11 is 0. The van der Waals surface area contributed by atoms with Crippen LogP contribution in [0.5, 0.6) is 0 Å². The van der Waals surface area contributed by atoms with Gasteiger partial charge in [0.25, 0.3) is 0 Å². The number of hydrogen-bond donors (Lipinski definition) is 0. The van der Waals surface area contributed by atoms with Gasteiger partial charge in [-0.05, 0) is 26.0 Å². The van der Waals surface area contributed by atoms with Crippen molar-refractivity contribution >= 4 is 10.0 Å². The highest BCUT2D eigenvalue weighted by Gasteiger charge is 2.30. The molecule has 2 heterocycles. The van der Waals surface area contributed by atoms with Crippen LogP contribution in [-0.4, -0.2) is 35.4 Å². The molecule has 6 nitrogen and oxygen atoms in total. The molecule has 0 aliphatic carbocycles. The van der Waals surface area contributed by atoms with E-state index in [2.05, 4.69) is 4.98 Å². The van der Waals surface area contributed by atoms with Gasteiger partial charge in [-0.3, -0.25) is 0 Å². The maximum atomic E-state index is 12.8. The largest absolute Gasteiger partial charge is 0.375 e. The van der Waals surface area contributed by atoms with Crippen LogP contribution in [0, 0.1) is 6.92 Å². The lowest BCUT2D eigenvalue weighted by Gasteiger charge is -2.28. The molecular weight excluding hydrogens is 314 g/mol. The Labute approximate surface area is 136 Å². The van der Waals surface area contributed by atoms with E-state index < -0.39 is 10.0 Å². The van der Waals surface area contributed by atoms with Crippen molar-refractivity contribution in [2.24, 2.45) is 0 Å². The molecule has 23 heavy (non-hydrogen) atoms. The Hall–Kier alpha value is -1.70. The first kappa shape index (κ1) is 16.2. The molecule has 0 unspecified atom stereocenters. The molecule has 7 heteroatoms. The van der Waals surface area contributed by atoms with Crippen molar-refractivity contribution < 1.29 is 13.2 Å². The summed E-state index contributed by atoms with van der Waals surface area (Å²) in [5.74, 6) is 0. The van der Waals surface area contributed by atoms with E-state index in [4.69, 9.17) is 4.74 Å². The van der Waals surface area contributed by atoms with Crippen molar-refractivity contribution in [2.45, 2.75) is 38.4 Å². The number of sulfonamides is 1. The molecule has 3 rings (SSSR count). The van der Waals surface area contributed by atoms with E-state index in [0.29, 0.717) is 37.7 Å². The van der Waals surface area contributed by atoms with Crippen LogP contribution in [0.25, 0.3) is 0 Å². The van der Waals surface area contributed by atoms with E-state index in [1.54, 1.807) is 18.5 Å². The Morgan fingerprint density at radius 1 is 1.22 bits per heavy atom. The topological polar surface area (TPSA) is 64.4 Å². The number of ether oxygens (including phenoxy) is 1. The van der Waals surface area contributed by atoms with Crippen LogP contribution in [0.1, 0.15) is 23.9 Å². The molecule has 0 radical (unpaired) electrons. The molecule has 0 spiro atoms. The third-order valence-electron chi connectivity index (χ3n) is 4.05. The van der Waals surface area contributed by atoms with Crippen molar-refractivity contribution in [1.82, 2.24) is 13.9 Å². The predicted molar refractivity (Wildman–Crippen MR) is 86.3 cm³/mol. The number of fused-ring (bicyclic) bond motifs is 1. The van der Waals surface area contributed by atoms with E-state index >= 15 is 0 Å². The van der Waals surface area contributed by atoms with Crippen LogP contribution in [0.3, 0.4) is 0 Å². The number of imidazole rings is 1. The Balaban J connectivity index is 1.86. The Kier molecular flexibility index (Phi) is 4.52. The van der Waals surface area contributed by atoms with E-state index in [1.807, 2.05) is 30.5 Å². The van der Waals surface area contributed by atoms with Crippen molar-refractivity contribution in [3.05, 3.63) is 47.5 Å². The van der Waals surface area contributed by atoms with Gasteiger partial charge in [0, 0.05) is 19.7 Å². The molecule has 0 saturated heterocycles. The maximum absolute atomic E-state index is 12.8. The van der Waals surface area contributed by atoms with Crippen LogP contribution >= 0.6 is 0 Å².